The van der Waals surface area contributed by atoms with Crippen LogP contribution in [0.2, 0.25) is 0 Å². The number of halogens is 2. The summed E-state index contributed by atoms with van der Waals surface area (Å²) in [5.74, 6) is -0.783. The molecule has 0 aliphatic heterocycles. The summed E-state index contributed by atoms with van der Waals surface area (Å²) in [4.78, 5) is 12.1. The molecule has 0 fully saturated rings. The lowest BCUT2D eigenvalue weighted by Gasteiger charge is -2.09. The van der Waals surface area contributed by atoms with Crippen molar-refractivity contribution in [2.24, 2.45) is 0 Å². The molecule has 0 aromatic heterocycles. The Bertz CT molecular complexity index is 725. The maximum Gasteiger partial charge on any atom is 0.256 e. The number of rotatable bonds is 2. The van der Waals surface area contributed by atoms with Gasteiger partial charge in [0.2, 0.25) is 0 Å². The molecule has 2 aromatic rings. The normalized spacial score (nSPS) is 9.85. The van der Waals surface area contributed by atoms with Crippen molar-refractivity contribution in [3.8, 4) is 6.07 Å². The van der Waals surface area contributed by atoms with E-state index in [2.05, 4.69) is 5.32 Å². The number of nitriles is 1. The summed E-state index contributed by atoms with van der Waals surface area (Å²) in [6, 6.07) is 10.5. The maximum absolute atomic E-state index is 13.0. The van der Waals surface area contributed by atoms with E-state index in [1.165, 1.54) is 24.3 Å². The minimum Gasteiger partial charge on any atom is -0.397 e. The summed E-state index contributed by atoms with van der Waals surface area (Å²) in [6.45, 7) is 0. The lowest BCUT2D eigenvalue weighted by Crippen LogP contribution is -2.14. The number of carbonyl (C=O) groups excluding carboxylic acids is 1. The lowest BCUT2D eigenvalue weighted by atomic mass is 10.1. The highest BCUT2D eigenvalue weighted by atomic mass is 127. The molecule has 0 radical (unpaired) electrons. The molecule has 0 saturated heterocycles. The molecule has 0 spiro atoms. The third kappa shape index (κ3) is 3.05. The van der Waals surface area contributed by atoms with Crippen molar-refractivity contribution in [2.75, 3.05) is 11.1 Å². The zero-order chi connectivity index (χ0) is 14.7. The van der Waals surface area contributed by atoms with Crippen LogP contribution in [-0.4, -0.2) is 5.91 Å². The van der Waals surface area contributed by atoms with Crippen LogP contribution in [0.3, 0.4) is 0 Å². The van der Waals surface area contributed by atoms with E-state index < -0.39 is 5.82 Å². The molecule has 4 nitrogen and oxygen atoms in total. The summed E-state index contributed by atoms with van der Waals surface area (Å²) < 4.78 is 13.5. The monoisotopic (exact) mass is 381 g/mol. The molecule has 2 rings (SSSR count). The Morgan fingerprint density at radius 1 is 1.30 bits per heavy atom. The zero-order valence-electron chi connectivity index (χ0n) is 10.2. The van der Waals surface area contributed by atoms with Crippen LogP contribution < -0.4 is 11.1 Å². The summed E-state index contributed by atoms with van der Waals surface area (Å²) in [6.07, 6.45) is 0. The van der Waals surface area contributed by atoms with Crippen molar-refractivity contribution in [3.05, 3.63) is 56.9 Å². The first kappa shape index (κ1) is 14.3. The minimum absolute atomic E-state index is 0.300. The van der Waals surface area contributed by atoms with Crippen molar-refractivity contribution in [3.63, 3.8) is 0 Å². The Labute approximate surface area is 128 Å². The van der Waals surface area contributed by atoms with Gasteiger partial charge in [0, 0.05) is 3.57 Å². The Morgan fingerprint density at radius 3 is 2.65 bits per heavy atom. The van der Waals surface area contributed by atoms with Gasteiger partial charge < -0.3 is 11.1 Å². The fourth-order valence-corrected chi connectivity index (χ4v) is 2.33. The van der Waals surface area contributed by atoms with Gasteiger partial charge in [-0.2, -0.15) is 5.26 Å². The minimum atomic E-state index is -0.399. The smallest absolute Gasteiger partial charge is 0.256 e. The lowest BCUT2D eigenvalue weighted by molar-refractivity contribution is 0.102. The SMILES string of the molecule is N#Cc1ccc(NC(=O)c2ccc(F)cc2I)c(N)c1. The summed E-state index contributed by atoms with van der Waals surface area (Å²) in [7, 11) is 0. The number of nitrogens with two attached hydrogens (primary N) is 1. The topological polar surface area (TPSA) is 78.9 Å². The maximum atomic E-state index is 13.0. The molecule has 0 bridgehead atoms. The molecule has 0 aliphatic rings. The van der Waals surface area contributed by atoms with E-state index >= 15 is 0 Å². The Kier molecular flexibility index (Phi) is 4.20. The molecule has 100 valence electrons. The number of nitrogen functional groups attached to an aromatic ring is 1. The zero-order valence-corrected chi connectivity index (χ0v) is 12.3. The Balaban J connectivity index is 2.26. The Morgan fingerprint density at radius 2 is 2.05 bits per heavy atom. The first-order valence-corrected chi connectivity index (χ1v) is 6.65. The van der Waals surface area contributed by atoms with E-state index in [1.54, 1.807) is 12.1 Å². The van der Waals surface area contributed by atoms with Gasteiger partial charge in [-0.15, -0.1) is 0 Å². The third-order valence-corrected chi connectivity index (χ3v) is 3.50. The van der Waals surface area contributed by atoms with Gasteiger partial charge in [-0.1, -0.05) is 0 Å². The van der Waals surface area contributed by atoms with Crippen LogP contribution in [-0.2, 0) is 0 Å². The molecule has 6 heteroatoms. The first-order chi connectivity index (χ1) is 9.51. The van der Waals surface area contributed by atoms with Gasteiger partial charge in [0.1, 0.15) is 5.82 Å². The molecule has 2 aromatic carbocycles. The number of nitrogens with zero attached hydrogens (tertiary/aromatic N) is 1. The second-order valence-corrected chi connectivity index (χ2v) is 5.15. The highest BCUT2D eigenvalue weighted by molar-refractivity contribution is 14.1. The largest absolute Gasteiger partial charge is 0.397 e. The number of hydrogen-bond acceptors (Lipinski definition) is 3. The molecule has 0 heterocycles. The van der Waals surface area contributed by atoms with Crippen LogP contribution in [0.1, 0.15) is 15.9 Å². The summed E-state index contributed by atoms with van der Waals surface area (Å²) in [5.41, 5.74) is 7.24. The van der Waals surface area contributed by atoms with Gasteiger partial charge in [-0.25, -0.2) is 4.39 Å². The fraction of sp³-hybridized carbons (Fsp3) is 0. The van der Waals surface area contributed by atoms with Crippen molar-refractivity contribution in [2.45, 2.75) is 0 Å². The van der Waals surface area contributed by atoms with Crippen LogP contribution in [0.25, 0.3) is 0 Å². The summed E-state index contributed by atoms with van der Waals surface area (Å²) in [5, 5.41) is 11.4. The van der Waals surface area contributed by atoms with Gasteiger partial charge in [0.05, 0.1) is 28.6 Å². The van der Waals surface area contributed by atoms with Crippen molar-refractivity contribution < 1.29 is 9.18 Å². The quantitative estimate of drug-likeness (QED) is 0.620. The number of carbonyl (C=O) groups is 1. The first-order valence-electron chi connectivity index (χ1n) is 5.57. The molecular formula is C14H9FIN3O. The van der Waals surface area contributed by atoms with Crippen LogP contribution in [0.15, 0.2) is 36.4 Å². The van der Waals surface area contributed by atoms with Crippen LogP contribution in [0.4, 0.5) is 15.8 Å². The molecule has 0 unspecified atom stereocenters. The van der Waals surface area contributed by atoms with Gasteiger partial charge in [0.25, 0.3) is 5.91 Å². The molecule has 0 atom stereocenters. The second-order valence-electron chi connectivity index (χ2n) is 3.99. The highest BCUT2D eigenvalue weighted by Crippen LogP contribution is 2.21. The number of hydrogen-bond donors (Lipinski definition) is 2. The van der Waals surface area contributed by atoms with Crippen LogP contribution >= 0.6 is 22.6 Å². The molecule has 1 amide bonds. The van der Waals surface area contributed by atoms with E-state index in [0.29, 0.717) is 26.1 Å². The van der Waals surface area contributed by atoms with Crippen LogP contribution in [0, 0.1) is 20.7 Å². The van der Waals surface area contributed by atoms with Gasteiger partial charge in [0.15, 0.2) is 0 Å². The third-order valence-electron chi connectivity index (χ3n) is 2.60. The van der Waals surface area contributed by atoms with E-state index in [-0.39, 0.29) is 5.91 Å². The molecular weight excluding hydrogens is 372 g/mol. The van der Waals surface area contributed by atoms with Crippen molar-refractivity contribution in [1.82, 2.24) is 0 Å². The van der Waals surface area contributed by atoms with Crippen molar-refractivity contribution >= 4 is 39.9 Å². The molecule has 3 N–H and O–H groups in total. The number of anilines is 2. The molecule has 0 saturated carbocycles. The number of benzene rings is 2. The number of amides is 1. The second kappa shape index (κ2) is 5.88. The van der Waals surface area contributed by atoms with E-state index in [4.69, 9.17) is 11.0 Å². The summed E-state index contributed by atoms with van der Waals surface area (Å²) >= 11 is 1.89. The standard InChI is InChI=1S/C14H9FIN3O/c15-9-2-3-10(11(16)6-9)14(20)19-13-4-1-8(7-17)5-12(13)18/h1-6H,18H2,(H,19,20). The molecule has 0 aliphatic carbocycles. The van der Waals surface area contributed by atoms with E-state index in [9.17, 15) is 9.18 Å². The fourth-order valence-electron chi connectivity index (χ4n) is 1.61. The highest BCUT2D eigenvalue weighted by Gasteiger charge is 2.12. The molecule has 20 heavy (non-hydrogen) atoms. The Hall–Kier alpha value is -2.14. The van der Waals surface area contributed by atoms with Crippen LogP contribution in [0.5, 0.6) is 0 Å². The van der Waals surface area contributed by atoms with Gasteiger partial charge in [-0.3, -0.25) is 4.79 Å². The van der Waals surface area contributed by atoms with E-state index in [0.717, 1.165) is 0 Å². The van der Waals surface area contributed by atoms with E-state index in [1.807, 2.05) is 28.7 Å². The average Bonchev–Trinajstić information content (AvgIpc) is 2.40. The number of nitrogens with one attached hydrogen (secondary N) is 1. The van der Waals surface area contributed by atoms with Crippen molar-refractivity contribution in [1.29, 1.82) is 5.26 Å². The predicted octanol–water partition coefficient (Wildman–Crippen LogP) is 3.14. The average molecular weight is 381 g/mol. The predicted molar refractivity (Wildman–Crippen MR) is 82.6 cm³/mol. The van der Waals surface area contributed by atoms with Gasteiger partial charge in [-0.05, 0) is 59.0 Å². The van der Waals surface area contributed by atoms with Gasteiger partial charge >= 0.3 is 0 Å².